The molecule has 0 N–H and O–H groups in total. The molecule has 7 nitrogen and oxygen atoms in total. The maximum atomic E-state index is 5.90. The number of halogens is 1. The first-order chi connectivity index (χ1) is 13.2. The normalized spacial score (nSPS) is 11.0. The maximum Gasteiger partial charge on any atom is 0.109 e. The first-order valence-electron chi connectivity index (χ1n) is 8.40. The minimum atomic E-state index is 0.338. The number of hydrogen-bond acceptors (Lipinski definition) is 5. The van der Waals surface area contributed by atoms with Crippen molar-refractivity contribution < 1.29 is 4.74 Å². The van der Waals surface area contributed by atoms with Gasteiger partial charge in [-0.2, -0.15) is 0 Å². The Balaban J connectivity index is 1.34. The number of hydrogen-bond donors (Lipinski definition) is 0. The van der Waals surface area contributed by atoms with Gasteiger partial charge in [-0.15, -0.1) is 10.2 Å². The average Bonchev–Trinajstić information content (AvgIpc) is 3.33. The number of benzene rings is 2. The lowest BCUT2D eigenvalue weighted by Crippen LogP contribution is -1.95. The lowest BCUT2D eigenvalue weighted by Gasteiger charge is -2.00. The van der Waals surface area contributed by atoms with Gasteiger partial charge < -0.3 is 4.74 Å². The fourth-order valence-corrected chi connectivity index (χ4v) is 2.66. The van der Waals surface area contributed by atoms with Crippen molar-refractivity contribution in [3.63, 3.8) is 0 Å². The number of aryl methyl sites for hydroxylation is 1. The average molecular weight is 381 g/mol. The van der Waals surface area contributed by atoms with Gasteiger partial charge in [0.2, 0.25) is 0 Å². The molecule has 0 aliphatic rings. The Bertz CT molecular complexity index is 939. The Morgan fingerprint density at radius 3 is 1.78 bits per heavy atom. The van der Waals surface area contributed by atoms with Crippen LogP contribution < -0.4 is 0 Å². The summed E-state index contributed by atoms with van der Waals surface area (Å²) in [6, 6.07) is 15.5. The minimum absolute atomic E-state index is 0.338. The van der Waals surface area contributed by atoms with Crippen molar-refractivity contribution in [2.24, 2.45) is 0 Å². The number of aromatic nitrogens is 6. The third-order valence-electron chi connectivity index (χ3n) is 3.97. The molecule has 0 saturated heterocycles. The summed E-state index contributed by atoms with van der Waals surface area (Å²) < 4.78 is 9.10. The van der Waals surface area contributed by atoms with Crippen molar-refractivity contribution in [3.05, 3.63) is 82.9 Å². The summed E-state index contributed by atoms with van der Waals surface area (Å²) in [7, 11) is 0. The quantitative estimate of drug-likeness (QED) is 0.511. The zero-order valence-electron chi connectivity index (χ0n) is 14.7. The highest BCUT2D eigenvalue weighted by molar-refractivity contribution is 6.30. The summed E-state index contributed by atoms with van der Waals surface area (Å²) in [6.07, 6.45) is 3.68. The molecular weight excluding hydrogens is 364 g/mol. The topological polar surface area (TPSA) is 70.7 Å². The molecule has 0 atom stereocenters. The van der Waals surface area contributed by atoms with E-state index in [9.17, 15) is 0 Å². The van der Waals surface area contributed by atoms with Gasteiger partial charge in [-0.3, -0.25) is 0 Å². The first-order valence-corrected chi connectivity index (χ1v) is 8.78. The van der Waals surface area contributed by atoms with Gasteiger partial charge in [0.25, 0.3) is 0 Å². The smallest absolute Gasteiger partial charge is 0.109 e. The van der Waals surface area contributed by atoms with Crippen LogP contribution in [0.5, 0.6) is 0 Å². The van der Waals surface area contributed by atoms with E-state index in [-0.39, 0.29) is 0 Å². The van der Waals surface area contributed by atoms with E-state index in [0.29, 0.717) is 18.2 Å². The Hall–Kier alpha value is -3.03. The molecule has 0 amide bonds. The molecule has 4 rings (SSSR count). The van der Waals surface area contributed by atoms with Crippen LogP contribution in [0, 0.1) is 6.92 Å². The molecule has 27 heavy (non-hydrogen) atoms. The van der Waals surface area contributed by atoms with Crippen LogP contribution in [-0.4, -0.2) is 30.0 Å². The van der Waals surface area contributed by atoms with Crippen molar-refractivity contribution >= 4 is 11.6 Å². The molecule has 4 aromatic rings. The summed E-state index contributed by atoms with van der Waals surface area (Å²) in [5, 5.41) is 17.2. The van der Waals surface area contributed by atoms with Crippen LogP contribution in [0.15, 0.2) is 60.9 Å². The molecule has 2 aromatic carbocycles. The highest BCUT2D eigenvalue weighted by Gasteiger charge is 2.06. The third kappa shape index (κ3) is 4.21. The molecule has 2 heterocycles. The SMILES string of the molecule is Cc1ccc(-n2cc(COCc3cn(-c4ccc(Cl)cc4)nn3)nn2)cc1. The molecule has 0 aliphatic heterocycles. The van der Waals surface area contributed by atoms with Gasteiger partial charge in [-0.25, -0.2) is 9.36 Å². The van der Waals surface area contributed by atoms with E-state index in [1.54, 1.807) is 9.36 Å². The monoisotopic (exact) mass is 380 g/mol. The number of ether oxygens (including phenoxy) is 1. The zero-order chi connectivity index (χ0) is 18.6. The number of rotatable bonds is 6. The second-order valence-corrected chi connectivity index (χ2v) is 6.55. The van der Waals surface area contributed by atoms with E-state index in [1.165, 1.54) is 5.56 Å². The van der Waals surface area contributed by atoms with Crippen LogP contribution in [-0.2, 0) is 18.0 Å². The van der Waals surface area contributed by atoms with Gasteiger partial charge in [0.1, 0.15) is 11.4 Å². The van der Waals surface area contributed by atoms with Crippen molar-refractivity contribution in [1.29, 1.82) is 0 Å². The van der Waals surface area contributed by atoms with Crippen molar-refractivity contribution in [2.75, 3.05) is 0 Å². The first kappa shape index (κ1) is 17.4. The van der Waals surface area contributed by atoms with Crippen molar-refractivity contribution in [1.82, 2.24) is 30.0 Å². The van der Waals surface area contributed by atoms with E-state index in [1.807, 2.05) is 67.8 Å². The third-order valence-corrected chi connectivity index (χ3v) is 4.22. The zero-order valence-corrected chi connectivity index (χ0v) is 15.4. The van der Waals surface area contributed by atoms with Crippen LogP contribution in [0.1, 0.15) is 17.0 Å². The van der Waals surface area contributed by atoms with Crippen LogP contribution in [0.3, 0.4) is 0 Å². The van der Waals surface area contributed by atoms with Gasteiger partial charge in [0.15, 0.2) is 0 Å². The van der Waals surface area contributed by atoms with Crippen molar-refractivity contribution in [3.8, 4) is 11.4 Å². The molecule has 0 aliphatic carbocycles. The second-order valence-electron chi connectivity index (χ2n) is 6.11. The molecule has 0 bridgehead atoms. The predicted molar refractivity (Wildman–Crippen MR) is 101 cm³/mol. The van der Waals surface area contributed by atoms with Crippen molar-refractivity contribution in [2.45, 2.75) is 20.1 Å². The number of nitrogens with zero attached hydrogens (tertiary/aromatic N) is 6. The summed E-state index contributed by atoms with van der Waals surface area (Å²) in [6.45, 7) is 2.73. The summed E-state index contributed by atoms with van der Waals surface area (Å²) in [5.74, 6) is 0. The van der Waals surface area contributed by atoms with E-state index in [4.69, 9.17) is 16.3 Å². The summed E-state index contributed by atoms with van der Waals surface area (Å²) in [4.78, 5) is 0. The second kappa shape index (κ2) is 7.69. The van der Waals surface area contributed by atoms with E-state index < -0.39 is 0 Å². The molecule has 0 fully saturated rings. The molecule has 0 spiro atoms. The van der Waals surface area contributed by atoms with E-state index in [2.05, 4.69) is 20.6 Å². The van der Waals surface area contributed by atoms with Crippen LogP contribution in [0.4, 0.5) is 0 Å². The molecule has 8 heteroatoms. The van der Waals surface area contributed by atoms with Gasteiger partial charge in [-0.1, -0.05) is 39.7 Å². The standard InChI is InChI=1S/C19H17ClN6O/c1-14-2-6-18(7-3-14)25-10-16(21-23-25)12-27-13-17-11-26(24-22-17)19-8-4-15(20)5-9-19/h2-11H,12-13H2,1H3. The molecule has 2 aromatic heterocycles. The van der Waals surface area contributed by atoms with Gasteiger partial charge in [0.05, 0.1) is 37.0 Å². The lowest BCUT2D eigenvalue weighted by molar-refractivity contribution is 0.102. The van der Waals surface area contributed by atoms with Gasteiger partial charge in [0, 0.05) is 5.02 Å². The summed E-state index contributed by atoms with van der Waals surface area (Å²) >= 11 is 5.90. The van der Waals surface area contributed by atoms with Gasteiger partial charge in [-0.05, 0) is 43.3 Å². The van der Waals surface area contributed by atoms with E-state index >= 15 is 0 Å². The van der Waals surface area contributed by atoms with Gasteiger partial charge >= 0.3 is 0 Å². The fourth-order valence-electron chi connectivity index (χ4n) is 2.53. The predicted octanol–water partition coefficient (Wildman–Crippen LogP) is 3.53. The van der Waals surface area contributed by atoms with Crippen LogP contribution >= 0.6 is 11.6 Å². The molecule has 0 unspecified atom stereocenters. The maximum absolute atomic E-state index is 5.90. The lowest BCUT2D eigenvalue weighted by atomic mass is 10.2. The molecular formula is C19H17ClN6O. The Kier molecular flexibility index (Phi) is 4.95. The molecule has 0 radical (unpaired) electrons. The Morgan fingerprint density at radius 1 is 0.778 bits per heavy atom. The highest BCUT2D eigenvalue weighted by atomic mass is 35.5. The van der Waals surface area contributed by atoms with Crippen LogP contribution in [0.25, 0.3) is 11.4 Å². The molecule has 0 saturated carbocycles. The highest BCUT2D eigenvalue weighted by Crippen LogP contribution is 2.13. The molecule has 136 valence electrons. The van der Waals surface area contributed by atoms with Crippen LogP contribution in [0.2, 0.25) is 5.02 Å². The minimum Gasteiger partial charge on any atom is -0.369 e. The Labute approximate surface area is 161 Å². The fraction of sp³-hybridized carbons (Fsp3) is 0.158. The Morgan fingerprint density at radius 2 is 1.26 bits per heavy atom. The van der Waals surface area contributed by atoms with E-state index in [0.717, 1.165) is 22.8 Å². The summed E-state index contributed by atoms with van der Waals surface area (Å²) in [5.41, 5.74) is 4.54. The largest absolute Gasteiger partial charge is 0.369 e.